The molecule has 1 aliphatic rings. The second kappa shape index (κ2) is 14.4. The summed E-state index contributed by atoms with van der Waals surface area (Å²) in [6.45, 7) is 5.06. The third kappa shape index (κ3) is 7.97. The average Bonchev–Trinajstić information content (AvgIpc) is 3.49. The highest BCUT2D eigenvalue weighted by Gasteiger charge is 2.13. The fraction of sp³-hybridized carbons (Fsp3) is 0.206. The quantitative estimate of drug-likeness (QED) is 0.170. The number of thiocarbonyl (C=S) groups is 1. The molecule has 2 N–H and O–H groups in total. The van der Waals surface area contributed by atoms with Crippen LogP contribution in [-0.4, -0.2) is 60.4 Å². The zero-order chi connectivity index (χ0) is 30.1. The van der Waals surface area contributed by atoms with Crippen molar-refractivity contribution in [2.24, 2.45) is 0 Å². The monoisotopic (exact) mass is 624 g/mol. The molecule has 3 aromatic carbocycles. The first kappa shape index (κ1) is 29.7. The van der Waals surface area contributed by atoms with Gasteiger partial charge in [0.05, 0.1) is 29.9 Å². The van der Waals surface area contributed by atoms with Gasteiger partial charge in [0.1, 0.15) is 23.9 Å². The van der Waals surface area contributed by atoms with Crippen LogP contribution in [-0.2, 0) is 16.0 Å². The number of rotatable bonds is 10. The van der Waals surface area contributed by atoms with Crippen molar-refractivity contribution in [3.63, 3.8) is 0 Å². The van der Waals surface area contributed by atoms with E-state index in [1.54, 1.807) is 17.5 Å². The minimum atomic E-state index is -0.172. The van der Waals surface area contributed by atoms with Gasteiger partial charge in [-0.05, 0) is 77.9 Å². The molecule has 224 valence electrons. The van der Waals surface area contributed by atoms with Gasteiger partial charge < -0.3 is 24.8 Å². The number of hydrogen-bond donors (Lipinski definition) is 2. The molecule has 1 saturated heterocycles. The molecule has 0 unspecified atom stereocenters. The SMILES string of the molecule is O=C(Cc1ccccc1)NC(=S)Nc1ccc(Oc2ccnc3cc(-c4ccc(OCCN5CCOCC5)cc4)sc23)cc1. The number of pyridine rings is 1. The Morgan fingerprint density at radius 2 is 1.70 bits per heavy atom. The summed E-state index contributed by atoms with van der Waals surface area (Å²) in [6, 6.07) is 29.1. The summed E-state index contributed by atoms with van der Waals surface area (Å²) in [6.07, 6.45) is 2.02. The molecule has 1 fully saturated rings. The zero-order valence-corrected chi connectivity index (χ0v) is 25.7. The first-order valence-corrected chi connectivity index (χ1v) is 15.7. The molecule has 44 heavy (non-hydrogen) atoms. The van der Waals surface area contributed by atoms with E-state index >= 15 is 0 Å². The lowest BCUT2D eigenvalue weighted by Gasteiger charge is -2.26. The second-order valence-electron chi connectivity index (χ2n) is 10.3. The van der Waals surface area contributed by atoms with Gasteiger partial charge in [-0.1, -0.05) is 30.3 Å². The summed E-state index contributed by atoms with van der Waals surface area (Å²) in [4.78, 5) is 20.3. The van der Waals surface area contributed by atoms with E-state index in [0.717, 1.165) is 76.3 Å². The lowest BCUT2D eigenvalue weighted by molar-refractivity contribution is -0.119. The number of anilines is 1. The lowest BCUT2D eigenvalue weighted by atomic mass is 10.1. The van der Waals surface area contributed by atoms with Crippen molar-refractivity contribution in [2.75, 3.05) is 44.8 Å². The highest BCUT2D eigenvalue weighted by atomic mass is 32.1. The van der Waals surface area contributed by atoms with Gasteiger partial charge >= 0.3 is 0 Å². The van der Waals surface area contributed by atoms with Crippen molar-refractivity contribution < 1.29 is 19.0 Å². The Hall–Kier alpha value is -4.35. The van der Waals surface area contributed by atoms with Gasteiger partial charge in [0, 0.05) is 42.5 Å². The van der Waals surface area contributed by atoms with Crippen LogP contribution < -0.4 is 20.1 Å². The van der Waals surface area contributed by atoms with E-state index in [0.29, 0.717) is 12.4 Å². The number of carbonyl (C=O) groups is 1. The maximum atomic E-state index is 12.3. The van der Waals surface area contributed by atoms with Crippen LogP contribution in [0, 0.1) is 0 Å². The fourth-order valence-corrected chi connectivity index (χ4v) is 6.12. The zero-order valence-electron chi connectivity index (χ0n) is 24.0. The number of aromatic nitrogens is 1. The lowest BCUT2D eigenvalue weighted by Crippen LogP contribution is -2.38. The minimum Gasteiger partial charge on any atom is -0.492 e. The van der Waals surface area contributed by atoms with E-state index in [4.69, 9.17) is 26.4 Å². The van der Waals surface area contributed by atoms with Gasteiger partial charge in [0.2, 0.25) is 5.91 Å². The Kier molecular flexibility index (Phi) is 9.73. The number of hydrogen-bond acceptors (Lipinski definition) is 8. The molecule has 0 atom stereocenters. The Morgan fingerprint density at radius 1 is 0.955 bits per heavy atom. The molecule has 0 spiro atoms. The summed E-state index contributed by atoms with van der Waals surface area (Å²) >= 11 is 6.96. The smallest absolute Gasteiger partial charge is 0.230 e. The van der Waals surface area contributed by atoms with Crippen LogP contribution in [0.2, 0.25) is 0 Å². The molecule has 6 rings (SSSR count). The van der Waals surface area contributed by atoms with Crippen molar-refractivity contribution in [3.05, 3.63) is 103 Å². The minimum absolute atomic E-state index is 0.172. The molecule has 1 amide bonds. The molecular formula is C34H32N4O4S2. The molecule has 8 nitrogen and oxygen atoms in total. The van der Waals surface area contributed by atoms with Crippen LogP contribution in [0.15, 0.2) is 97.2 Å². The number of nitrogens with zero attached hydrogens (tertiary/aromatic N) is 2. The number of thiophene rings is 1. The first-order valence-electron chi connectivity index (χ1n) is 14.4. The molecule has 3 heterocycles. The summed E-state index contributed by atoms with van der Waals surface area (Å²) in [5.74, 6) is 2.10. The number of benzene rings is 3. The number of amides is 1. The van der Waals surface area contributed by atoms with E-state index in [2.05, 4.69) is 38.7 Å². The van der Waals surface area contributed by atoms with Crippen LogP contribution in [0.25, 0.3) is 20.7 Å². The van der Waals surface area contributed by atoms with Gasteiger partial charge in [-0.3, -0.25) is 14.7 Å². The Morgan fingerprint density at radius 3 is 2.48 bits per heavy atom. The highest BCUT2D eigenvalue weighted by Crippen LogP contribution is 2.39. The van der Waals surface area contributed by atoms with Gasteiger partial charge in [0.25, 0.3) is 0 Å². The number of morpholine rings is 1. The molecule has 1 aliphatic heterocycles. The highest BCUT2D eigenvalue weighted by molar-refractivity contribution is 7.80. The third-order valence-corrected chi connectivity index (χ3v) is 8.49. The normalized spacial score (nSPS) is 13.4. The molecule has 0 radical (unpaired) electrons. The van der Waals surface area contributed by atoms with Gasteiger partial charge in [-0.15, -0.1) is 11.3 Å². The van der Waals surface area contributed by atoms with Crippen molar-refractivity contribution in [1.29, 1.82) is 0 Å². The Labute approximate surface area is 265 Å². The Balaban J connectivity index is 1.04. The van der Waals surface area contributed by atoms with E-state index in [1.165, 1.54) is 0 Å². The fourth-order valence-electron chi connectivity index (χ4n) is 4.82. The summed E-state index contributed by atoms with van der Waals surface area (Å²) < 4.78 is 18.6. The van der Waals surface area contributed by atoms with Crippen molar-refractivity contribution >= 4 is 50.5 Å². The van der Waals surface area contributed by atoms with Crippen LogP contribution in [0.4, 0.5) is 5.69 Å². The predicted octanol–water partition coefficient (Wildman–Crippen LogP) is 6.52. The van der Waals surface area contributed by atoms with Crippen LogP contribution in [0.3, 0.4) is 0 Å². The van der Waals surface area contributed by atoms with Crippen LogP contribution >= 0.6 is 23.6 Å². The summed E-state index contributed by atoms with van der Waals surface area (Å²) in [5, 5.41) is 6.02. The van der Waals surface area contributed by atoms with Crippen LogP contribution in [0.1, 0.15) is 5.56 Å². The van der Waals surface area contributed by atoms with E-state index in [1.807, 2.05) is 72.8 Å². The first-order chi connectivity index (χ1) is 21.6. The van der Waals surface area contributed by atoms with Crippen molar-refractivity contribution in [2.45, 2.75) is 6.42 Å². The number of fused-ring (bicyclic) bond motifs is 1. The van der Waals surface area contributed by atoms with Crippen molar-refractivity contribution in [3.8, 4) is 27.7 Å². The molecule has 0 aliphatic carbocycles. The Bertz CT molecular complexity index is 1700. The maximum Gasteiger partial charge on any atom is 0.230 e. The van der Waals surface area contributed by atoms with E-state index in [9.17, 15) is 4.79 Å². The number of ether oxygens (including phenoxy) is 3. The van der Waals surface area contributed by atoms with E-state index in [-0.39, 0.29) is 17.4 Å². The topological polar surface area (TPSA) is 85.0 Å². The maximum absolute atomic E-state index is 12.3. The largest absolute Gasteiger partial charge is 0.492 e. The van der Waals surface area contributed by atoms with Gasteiger partial charge in [-0.25, -0.2) is 0 Å². The van der Waals surface area contributed by atoms with Crippen molar-refractivity contribution in [1.82, 2.24) is 15.2 Å². The summed E-state index contributed by atoms with van der Waals surface area (Å²) in [5.41, 5.74) is 3.65. The predicted molar refractivity (Wildman–Crippen MR) is 179 cm³/mol. The number of nitrogens with one attached hydrogen (secondary N) is 2. The standard InChI is InChI=1S/C34H32N4O4S2/c39-32(22-24-4-2-1-3-5-24)37-34(43)36-26-8-12-28(13-9-26)42-30-14-15-35-29-23-31(44-33(29)30)25-6-10-27(11-7-25)41-21-18-38-16-19-40-20-17-38/h1-15,23H,16-22H2,(H2,36,37,39,43). The third-order valence-electron chi connectivity index (χ3n) is 7.10. The van der Waals surface area contributed by atoms with E-state index < -0.39 is 0 Å². The number of carbonyl (C=O) groups excluding carboxylic acids is 1. The summed E-state index contributed by atoms with van der Waals surface area (Å²) in [7, 11) is 0. The molecule has 2 aromatic heterocycles. The average molecular weight is 625 g/mol. The molecule has 0 bridgehead atoms. The second-order valence-corrected chi connectivity index (χ2v) is 11.7. The van der Waals surface area contributed by atoms with Gasteiger partial charge in [-0.2, -0.15) is 0 Å². The van der Waals surface area contributed by atoms with Gasteiger partial charge in [0.15, 0.2) is 5.11 Å². The molecule has 0 saturated carbocycles. The molecular weight excluding hydrogens is 593 g/mol. The molecule has 10 heteroatoms. The molecule has 5 aromatic rings. The van der Waals surface area contributed by atoms with Crippen LogP contribution in [0.5, 0.6) is 17.2 Å².